The fraction of sp³-hybridized carbons (Fsp3) is 0.750. The molecule has 0 radical (unpaired) electrons. The predicted molar refractivity (Wildman–Crippen MR) is 69.2 cm³/mol. The van der Waals surface area contributed by atoms with E-state index < -0.39 is 0 Å². The molecule has 0 unspecified atom stereocenters. The number of hydrogen-bond donors (Lipinski definition) is 1. The number of nitrogens with one attached hydrogen (secondary N) is 1. The van der Waals surface area contributed by atoms with Gasteiger partial charge in [-0.3, -0.25) is 4.79 Å². The quantitative estimate of drug-likeness (QED) is 0.896. The molecule has 1 aromatic heterocycles. The Morgan fingerprint density at radius 1 is 1.47 bits per heavy atom. The smallest absolute Gasteiger partial charge is 0.229 e. The van der Waals surface area contributed by atoms with Crippen molar-refractivity contribution in [2.45, 2.75) is 51.9 Å². The first-order valence-electron chi connectivity index (χ1n) is 6.35. The molecule has 1 amide bonds. The molecule has 1 saturated carbocycles. The van der Waals surface area contributed by atoms with Crippen molar-refractivity contribution in [1.82, 2.24) is 10.2 Å². The predicted octanol–water partition coefficient (Wildman–Crippen LogP) is 3.18. The molecule has 1 heterocycles. The molecule has 0 spiro atoms. The van der Waals surface area contributed by atoms with Crippen LogP contribution < -0.4 is 5.32 Å². The molecule has 0 aromatic carbocycles. The number of anilines is 1. The number of nitrogens with zero attached hydrogens (tertiary/aromatic N) is 2. The van der Waals surface area contributed by atoms with E-state index in [4.69, 9.17) is 0 Å². The lowest BCUT2D eigenvalue weighted by atomic mass is 10.1. The van der Waals surface area contributed by atoms with Crippen molar-refractivity contribution in [1.29, 1.82) is 0 Å². The largest absolute Gasteiger partial charge is 0.300 e. The molecule has 0 saturated heterocycles. The van der Waals surface area contributed by atoms with Crippen molar-refractivity contribution in [3.63, 3.8) is 0 Å². The van der Waals surface area contributed by atoms with Crippen molar-refractivity contribution >= 4 is 22.4 Å². The Morgan fingerprint density at radius 2 is 2.18 bits per heavy atom. The highest BCUT2D eigenvalue weighted by Crippen LogP contribution is 2.36. The number of aromatic nitrogens is 2. The van der Waals surface area contributed by atoms with Gasteiger partial charge in [0, 0.05) is 11.8 Å². The standard InChI is InChI=1S/C12H19N3OS/c1-3-8(2)10(16)13-12-15-14-11(17-12)9-6-4-5-7-9/h8-9H,3-7H2,1-2H3,(H,13,15,16)/t8-/m0/s1. The Bertz CT molecular complexity index is 385. The van der Waals surface area contributed by atoms with Crippen molar-refractivity contribution in [2.24, 2.45) is 5.92 Å². The van der Waals surface area contributed by atoms with Crippen LogP contribution in [0.25, 0.3) is 0 Å². The van der Waals surface area contributed by atoms with Crippen LogP contribution in [0.4, 0.5) is 5.13 Å². The molecule has 0 bridgehead atoms. The molecule has 94 valence electrons. The molecule has 5 heteroatoms. The first-order valence-corrected chi connectivity index (χ1v) is 7.16. The lowest BCUT2D eigenvalue weighted by Gasteiger charge is -2.06. The number of carbonyl (C=O) groups excluding carboxylic acids is 1. The molecule has 1 fully saturated rings. The van der Waals surface area contributed by atoms with Gasteiger partial charge in [0.05, 0.1) is 0 Å². The van der Waals surface area contributed by atoms with E-state index in [1.165, 1.54) is 37.0 Å². The van der Waals surface area contributed by atoms with Crippen LogP contribution in [-0.2, 0) is 4.79 Å². The second-order valence-electron chi connectivity index (χ2n) is 4.73. The molecule has 1 aliphatic rings. The molecule has 0 aliphatic heterocycles. The highest BCUT2D eigenvalue weighted by atomic mass is 32.1. The number of hydrogen-bond acceptors (Lipinski definition) is 4. The van der Waals surface area contributed by atoms with Crippen molar-refractivity contribution in [3.05, 3.63) is 5.01 Å². The van der Waals surface area contributed by atoms with Gasteiger partial charge in [-0.2, -0.15) is 0 Å². The molecule has 2 rings (SSSR count). The van der Waals surface area contributed by atoms with Gasteiger partial charge in [-0.1, -0.05) is 38.0 Å². The summed E-state index contributed by atoms with van der Waals surface area (Å²) in [4.78, 5) is 11.7. The van der Waals surface area contributed by atoms with Crippen molar-refractivity contribution < 1.29 is 4.79 Å². The van der Waals surface area contributed by atoms with E-state index in [1.54, 1.807) is 0 Å². The third-order valence-electron chi connectivity index (χ3n) is 3.44. The zero-order valence-electron chi connectivity index (χ0n) is 10.4. The number of amides is 1. The minimum Gasteiger partial charge on any atom is -0.300 e. The lowest BCUT2D eigenvalue weighted by molar-refractivity contribution is -0.119. The van der Waals surface area contributed by atoms with E-state index in [1.807, 2.05) is 13.8 Å². The summed E-state index contributed by atoms with van der Waals surface area (Å²) in [7, 11) is 0. The van der Waals surface area contributed by atoms with Crippen LogP contribution in [0, 0.1) is 5.92 Å². The van der Waals surface area contributed by atoms with Crippen LogP contribution in [0.5, 0.6) is 0 Å². The van der Waals surface area contributed by atoms with Crippen molar-refractivity contribution in [3.8, 4) is 0 Å². The van der Waals surface area contributed by atoms with Gasteiger partial charge in [0.1, 0.15) is 5.01 Å². The van der Waals surface area contributed by atoms with E-state index in [-0.39, 0.29) is 11.8 Å². The Kier molecular flexibility index (Phi) is 4.10. The third-order valence-corrected chi connectivity index (χ3v) is 4.44. The number of carbonyl (C=O) groups is 1. The van der Waals surface area contributed by atoms with Gasteiger partial charge < -0.3 is 5.32 Å². The number of rotatable bonds is 4. The van der Waals surface area contributed by atoms with Crippen LogP contribution in [0.1, 0.15) is 56.9 Å². The maximum atomic E-state index is 11.7. The second kappa shape index (κ2) is 5.58. The van der Waals surface area contributed by atoms with E-state index >= 15 is 0 Å². The summed E-state index contributed by atoms with van der Waals surface area (Å²) in [5.74, 6) is 0.650. The molecule has 1 aliphatic carbocycles. The molecule has 1 N–H and O–H groups in total. The molecule has 17 heavy (non-hydrogen) atoms. The van der Waals surface area contributed by atoms with Gasteiger partial charge in [-0.05, 0) is 19.3 Å². The summed E-state index contributed by atoms with van der Waals surface area (Å²) in [6.45, 7) is 3.93. The van der Waals surface area contributed by atoms with E-state index in [0.29, 0.717) is 11.0 Å². The summed E-state index contributed by atoms with van der Waals surface area (Å²) < 4.78 is 0. The van der Waals surface area contributed by atoms with Crippen LogP contribution in [-0.4, -0.2) is 16.1 Å². The SMILES string of the molecule is CC[C@H](C)C(=O)Nc1nnc(C2CCCC2)s1. The second-order valence-corrected chi connectivity index (χ2v) is 5.73. The summed E-state index contributed by atoms with van der Waals surface area (Å²) in [6.07, 6.45) is 5.86. The highest BCUT2D eigenvalue weighted by molar-refractivity contribution is 7.15. The van der Waals surface area contributed by atoms with Gasteiger partial charge in [0.25, 0.3) is 0 Å². The first-order chi connectivity index (χ1) is 8.20. The van der Waals surface area contributed by atoms with Gasteiger partial charge >= 0.3 is 0 Å². The fourth-order valence-electron chi connectivity index (χ4n) is 2.04. The Morgan fingerprint density at radius 3 is 2.82 bits per heavy atom. The maximum absolute atomic E-state index is 11.7. The zero-order valence-corrected chi connectivity index (χ0v) is 11.2. The van der Waals surface area contributed by atoms with Gasteiger partial charge in [0.2, 0.25) is 11.0 Å². The molecule has 1 atom stereocenters. The van der Waals surface area contributed by atoms with Gasteiger partial charge in [-0.25, -0.2) is 0 Å². The summed E-state index contributed by atoms with van der Waals surface area (Å²) in [5, 5.41) is 12.8. The van der Waals surface area contributed by atoms with Crippen molar-refractivity contribution in [2.75, 3.05) is 5.32 Å². The molecular weight excluding hydrogens is 234 g/mol. The summed E-state index contributed by atoms with van der Waals surface area (Å²) in [5.41, 5.74) is 0. The lowest BCUT2D eigenvalue weighted by Crippen LogP contribution is -2.19. The third kappa shape index (κ3) is 3.03. The summed E-state index contributed by atoms with van der Waals surface area (Å²) in [6, 6.07) is 0. The maximum Gasteiger partial charge on any atom is 0.229 e. The molecule has 1 aromatic rings. The normalized spacial score (nSPS) is 18.2. The average molecular weight is 253 g/mol. The Hall–Kier alpha value is -0.970. The van der Waals surface area contributed by atoms with Gasteiger partial charge in [0.15, 0.2) is 0 Å². The van der Waals surface area contributed by atoms with E-state index in [2.05, 4.69) is 15.5 Å². The van der Waals surface area contributed by atoms with Crippen LogP contribution in [0.3, 0.4) is 0 Å². The summed E-state index contributed by atoms with van der Waals surface area (Å²) >= 11 is 1.53. The highest BCUT2D eigenvalue weighted by Gasteiger charge is 2.22. The molecular formula is C12H19N3OS. The average Bonchev–Trinajstić information content (AvgIpc) is 2.97. The first kappa shape index (κ1) is 12.5. The molecule has 4 nitrogen and oxygen atoms in total. The Labute approximate surface area is 106 Å². The van der Waals surface area contributed by atoms with E-state index in [9.17, 15) is 4.79 Å². The fourth-order valence-corrected chi connectivity index (χ4v) is 2.95. The minimum atomic E-state index is 0.0360. The van der Waals surface area contributed by atoms with Crippen LogP contribution in [0.15, 0.2) is 0 Å². The van der Waals surface area contributed by atoms with Crippen LogP contribution >= 0.6 is 11.3 Å². The Balaban J connectivity index is 1.96. The van der Waals surface area contributed by atoms with E-state index in [0.717, 1.165) is 11.4 Å². The monoisotopic (exact) mass is 253 g/mol. The topological polar surface area (TPSA) is 54.9 Å². The van der Waals surface area contributed by atoms with Gasteiger partial charge in [-0.15, -0.1) is 10.2 Å². The minimum absolute atomic E-state index is 0.0360. The zero-order chi connectivity index (χ0) is 12.3. The van der Waals surface area contributed by atoms with Crippen LogP contribution in [0.2, 0.25) is 0 Å².